The Labute approximate surface area is 179 Å². The maximum Gasteiger partial charge on any atom is 0.232 e. The highest BCUT2D eigenvalue weighted by atomic mass is 32.2. The molecule has 0 heterocycles. The van der Waals surface area contributed by atoms with Gasteiger partial charge < -0.3 is 14.8 Å². The summed E-state index contributed by atoms with van der Waals surface area (Å²) < 4.78 is 37.1. The summed E-state index contributed by atoms with van der Waals surface area (Å²) in [5.74, 6) is 1.05. The summed E-state index contributed by atoms with van der Waals surface area (Å²) in [6, 6.07) is 14.1. The Morgan fingerprint density at radius 1 is 1.10 bits per heavy atom. The van der Waals surface area contributed by atoms with Crippen LogP contribution in [0.5, 0.6) is 11.5 Å². The number of ether oxygens (including phenoxy) is 2. The molecule has 0 aromatic heterocycles. The van der Waals surface area contributed by atoms with E-state index in [1.54, 1.807) is 48.5 Å². The lowest BCUT2D eigenvalue weighted by Gasteiger charge is -2.24. The van der Waals surface area contributed by atoms with Gasteiger partial charge >= 0.3 is 0 Å². The molecule has 0 atom stereocenters. The minimum absolute atomic E-state index is 0.0797. The maximum absolute atomic E-state index is 12.3. The molecule has 1 N–H and O–H groups in total. The molecule has 2 rings (SSSR count). The van der Waals surface area contributed by atoms with Gasteiger partial charge in [-0.1, -0.05) is 12.1 Å². The van der Waals surface area contributed by atoms with Crippen molar-refractivity contribution in [3.05, 3.63) is 48.5 Å². The fourth-order valence-corrected chi connectivity index (χ4v) is 3.87. The molecule has 1 amide bonds. The first-order chi connectivity index (χ1) is 14.2. The maximum atomic E-state index is 12.3. The van der Waals surface area contributed by atoms with E-state index < -0.39 is 10.0 Å². The van der Waals surface area contributed by atoms with E-state index >= 15 is 0 Å². The highest BCUT2D eigenvalue weighted by Crippen LogP contribution is 2.30. The third-order valence-corrected chi connectivity index (χ3v) is 5.29. The number of hydrogen-bond donors (Lipinski definition) is 1. The molecule has 7 nitrogen and oxygen atoms in total. The van der Waals surface area contributed by atoms with Gasteiger partial charge in [-0.3, -0.25) is 9.10 Å². The molecule has 0 unspecified atom stereocenters. The molecule has 0 saturated heterocycles. The van der Waals surface area contributed by atoms with Crippen LogP contribution in [0.2, 0.25) is 0 Å². The molecule has 0 fully saturated rings. The lowest BCUT2D eigenvalue weighted by molar-refractivity contribution is -0.116. The van der Waals surface area contributed by atoms with Gasteiger partial charge in [-0.2, -0.15) is 0 Å². The van der Waals surface area contributed by atoms with E-state index in [2.05, 4.69) is 5.32 Å². The Kier molecular flexibility index (Phi) is 8.53. The standard InChI is InChI=1S/C22H30N2O5S/c1-5-28-21-10-7-6-9-20(21)24(30(4,26)27)16-8-11-22(25)23-18-12-14-19(15-13-18)29-17(2)3/h6-7,9-10,12-15,17H,5,8,11,16H2,1-4H3,(H,23,25). The average molecular weight is 435 g/mol. The number of hydrogen-bond acceptors (Lipinski definition) is 5. The summed E-state index contributed by atoms with van der Waals surface area (Å²) in [6.45, 7) is 6.34. The number of rotatable bonds is 11. The van der Waals surface area contributed by atoms with Crippen molar-refractivity contribution in [1.82, 2.24) is 0 Å². The van der Waals surface area contributed by atoms with Gasteiger partial charge in [0.15, 0.2) is 0 Å². The van der Waals surface area contributed by atoms with Gasteiger partial charge in [0, 0.05) is 18.7 Å². The first kappa shape index (κ1) is 23.5. The molecule has 0 radical (unpaired) electrons. The molecule has 0 aliphatic rings. The van der Waals surface area contributed by atoms with Crippen LogP contribution in [0, 0.1) is 0 Å². The lowest BCUT2D eigenvalue weighted by Crippen LogP contribution is -2.31. The smallest absolute Gasteiger partial charge is 0.232 e. The van der Waals surface area contributed by atoms with Gasteiger partial charge in [0.25, 0.3) is 0 Å². The Morgan fingerprint density at radius 2 is 1.77 bits per heavy atom. The topological polar surface area (TPSA) is 84.9 Å². The van der Waals surface area contributed by atoms with Crippen molar-refractivity contribution in [3.63, 3.8) is 0 Å². The minimum Gasteiger partial charge on any atom is -0.492 e. The quantitative estimate of drug-likeness (QED) is 0.577. The van der Waals surface area contributed by atoms with Crippen LogP contribution >= 0.6 is 0 Å². The number of sulfonamides is 1. The summed E-state index contributed by atoms with van der Waals surface area (Å²) >= 11 is 0. The van der Waals surface area contributed by atoms with E-state index in [0.29, 0.717) is 30.2 Å². The van der Waals surface area contributed by atoms with Crippen LogP contribution in [0.4, 0.5) is 11.4 Å². The number of carbonyl (C=O) groups excluding carboxylic acids is 1. The Balaban J connectivity index is 1.96. The van der Waals surface area contributed by atoms with Gasteiger partial charge in [-0.15, -0.1) is 0 Å². The third kappa shape index (κ3) is 7.26. The van der Waals surface area contributed by atoms with Gasteiger partial charge in [0.1, 0.15) is 11.5 Å². The fourth-order valence-electron chi connectivity index (χ4n) is 2.90. The molecule has 2 aromatic carbocycles. The van der Waals surface area contributed by atoms with Crippen LogP contribution in [0.25, 0.3) is 0 Å². The second kappa shape index (κ2) is 10.9. The zero-order chi connectivity index (χ0) is 22.1. The van der Waals surface area contributed by atoms with Gasteiger partial charge in [0.2, 0.25) is 15.9 Å². The van der Waals surface area contributed by atoms with Gasteiger partial charge in [-0.05, 0) is 63.6 Å². The Morgan fingerprint density at radius 3 is 2.37 bits per heavy atom. The molecule has 8 heteroatoms. The normalized spacial score (nSPS) is 11.2. The molecule has 2 aromatic rings. The number of benzene rings is 2. The van der Waals surface area contributed by atoms with E-state index in [1.165, 1.54) is 4.31 Å². The zero-order valence-electron chi connectivity index (χ0n) is 17.9. The minimum atomic E-state index is -3.52. The number of amides is 1. The first-order valence-corrected chi connectivity index (χ1v) is 11.8. The van der Waals surface area contributed by atoms with Crippen LogP contribution in [-0.4, -0.2) is 39.8 Å². The summed E-state index contributed by atoms with van der Waals surface area (Å²) in [4.78, 5) is 12.3. The second-order valence-corrected chi connectivity index (χ2v) is 8.99. The summed E-state index contributed by atoms with van der Waals surface area (Å²) in [7, 11) is -3.52. The number of para-hydroxylation sites is 2. The van der Waals surface area contributed by atoms with Crippen LogP contribution in [0.3, 0.4) is 0 Å². The molecular weight excluding hydrogens is 404 g/mol. The molecule has 0 spiro atoms. The van der Waals surface area contributed by atoms with Crippen molar-refractivity contribution < 1.29 is 22.7 Å². The fraction of sp³-hybridized carbons (Fsp3) is 0.409. The van der Waals surface area contributed by atoms with Crippen molar-refractivity contribution in [1.29, 1.82) is 0 Å². The molecule has 0 aliphatic heterocycles. The predicted molar refractivity (Wildman–Crippen MR) is 120 cm³/mol. The average Bonchev–Trinajstić information content (AvgIpc) is 2.66. The molecular formula is C22H30N2O5S. The van der Waals surface area contributed by atoms with E-state index in [4.69, 9.17) is 9.47 Å². The summed E-state index contributed by atoms with van der Waals surface area (Å²) in [5, 5.41) is 2.82. The van der Waals surface area contributed by atoms with Crippen molar-refractivity contribution >= 4 is 27.3 Å². The number of nitrogens with one attached hydrogen (secondary N) is 1. The molecule has 0 saturated carbocycles. The van der Waals surface area contributed by atoms with Crippen molar-refractivity contribution in [2.75, 3.05) is 29.0 Å². The highest BCUT2D eigenvalue weighted by Gasteiger charge is 2.21. The van der Waals surface area contributed by atoms with Crippen molar-refractivity contribution in [2.24, 2.45) is 0 Å². The second-order valence-electron chi connectivity index (χ2n) is 7.08. The summed E-state index contributed by atoms with van der Waals surface area (Å²) in [5.41, 5.74) is 1.14. The molecule has 164 valence electrons. The van der Waals surface area contributed by atoms with E-state index in [-0.39, 0.29) is 25.0 Å². The molecule has 0 bridgehead atoms. The first-order valence-electron chi connectivity index (χ1n) is 9.96. The van der Waals surface area contributed by atoms with Crippen LogP contribution in [-0.2, 0) is 14.8 Å². The Bertz CT molecular complexity index is 927. The predicted octanol–water partition coefficient (Wildman–Crippen LogP) is 4.06. The van der Waals surface area contributed by atoms with Gasteiger partial charge in [-0.25, -0.2) is 8.42 Å². The van der Waals surface area contributed by atoms with Crippen LogP contribution in [0.1, 0.15) is 33.6 Å². The van der Waals surface area contributed by atoms with Crippen LogP contribution < -0.4 is 19.1 Å². The van der Waals surface area contributed by atoms with E-state index in [1.807, 2.05) is 20.8 Å². The van der Waals surface area contributed by atoms with Crippen LogP contribution in [0.15, 0.2) is 48.5 Å². The Hall–Kier alpha value is -2.74. The largest absolute Gasteiger partial charge is 0.492 e. The van der Waals surface area contributed by atoms with E-state index in [0.717, 1.165) is 12.0 Å². The van der Waals surface area contributed by atoms with Crippen molar-refractivity contribution in [2.45, 2.75) is 39.7 Å². The number of nitrogens with zero attached hydrogens (tertiary/aromatic N) is 1. The lowest BCUT2D eigenvalue weighted by atomic mass is 10.2. The molecule has 30 heavy (non-hydrogen) atoms. The monoisotopic (exact) mass is 434 g/mol. The third-order valence-electron chi connectivity index (χ3n) is 4.11. The zero-order valence-corrected chi connectivity index (χ0v) is 18.7. The number of carbonyl (C=O) groups is 1. The highest BCUT2D eigenvalue weighted by molar-refractivity contribution is 7.92. The number of anilines is 2. The van der Waals surface area contributed by atoms with E-state index in [9.17, 15) is 13.2 Å². The molecule has 0 aliphatic carbocycles. The van der Waals surface area contributed by atoms with Gasteiger partial charge in [0.05, 0.1) is 24.7 Å². The van der Waals surface area contributed by atoms with Crippen molar-refractivity contribution in [3.8, 4) is 11.5 Å². The summed E-state index contributed by atoms with van der Waals surface area (Å²) in [6.07, 6.45) is 1.79. The SMILES string of the molecule is CCOc1ccccc1N(CCCC(=O)Nc1ccc(OC(C)C)cc1)S(C)(=O)=O.